The fourth-order valence-corrected chi connectivity index (χ4v) is 1.60. The van der Waals surface area contributed by atoms with Crippen molar-refractivity contribution in [3.8, 4) is 0 Å². The van der Waals surface area contributed by atoms with Gasteiger partial charge in [-0.3, -0.25) is 0 Å². The Morgan fingerprint density at radius 3 is 2.56 bits per heavy atom. The molecular weight excluding hydrogens is 209 g/mol. The SMILES string of the molecule is CC(C)CN(C)c1ccc(C(=O)O)cc1F. The van der Waals surface area contributed by atoms with Crippen LogP contribution in [0.1, 0.15) is 24.2 Å². The van der Waals surface area contributed by atoms with Crippen LogP contribution < -0.4 is 4.90 Å². The molecule has 88 valence electrons. The number of aromatic carboxylic acids is 1. The van der Waals surface area contributed by atoms with Crippen molar-refractivity contribution in [1.82, 2.24) is 0 Å². The number of rotatable bonds is 4. The lowest BCUT2D eigenvalue weighted by molar-refractivity contribution is 0.0696. The molecule has 1 aromatic carbocycles. The van der Waals surface area contributed by atoms with Crippen molar-refractivity contribution in [3.05, 3.63) is 29.6 Å². The number of carboxylic acid groups (broad SMARTS) is 1. The highest BCUT2D eigenvalue weighted by atomic mass is 19.1. The summed E-state index contributed by atoms with van der Waals surface area (Å²) in [6.45, 7) is 4.81. The van der Waals surface area contributed by atoms with Crippen molar-refractivity contribution in [3.63, 3.8) is 0 Å². The summed E-state index contributed by atoms with van der Waals surface area (Å²) in [7, 11) is 1.79. The topological polar surface area (TPSA) is 40.5 Å². The molecule has 1 rings (SSSR count). The Morgan fingerprint density at radius 2 is 2.12 bits per heavy atom. The van der Waals surface area contributed by atoms with E-state index in [1.54, 1.807) is 11.9 Å². The van der Waals surface area contributed by atoms with Gasteiger partial charge >= 0.3 is 5.97 Å². The molecule has 0 heterocycles. The van der Waals surface area contributed by atoms with Crippen LogP contribution in [0, 0.1) is 11.7 Å². The lowest BCUT2D eigenvalue weighted by Gasteiger charge is -2.22. The number of carboxylic acids is 1. The van der Waals surface area contributed by atoms with E-state index in [4.69, 9.17) is 5.11 Å². The van der Waals surface area contributed by atoms with Gasteiger partial charge in [-0.1, -0.05) is 13.8 Å². The van der Waals surface area contributed by atoms with Crippen molar-refractivity contribution in [2.24, 2.45) is 5.92 Å². The summed E-state index contributed by atoms with van der Waals surface area (Å²) in [5.74, 6) is -1.19. The number of halogens is 1. The van der Waals surface area contributed by atoms with Crippen LogP contribution in [0.25, 0.3) is 0 Å². The second-order valence-electron chi connectivity index (χ2n) is 4.25. The Bertz CT molecular complexity index is 391. The van der Waals surface area contributed by atoms with Crippen LogP contribution in [0.4, 0.5) is 10.1 Å². The minimum atomic E-state index is -1.11. The summed E-state index contributed by atoms with van der Waals surface area (Å²) in [6, 6.07) is 3.97. The molecule has 0 bridgehead atoms. The van der Waals surface area contributed by atoms with Gasteiger partial charge in [-0.05, 0) is 24.1 Å². The second-order valence-corrected chi connectivity index (χ2v) is 4.25. The van der Waals surface area contributed by atoms with Gasteiger partial charge in [0.05, 0.1) is 11.3 Å². The lowest BCUT2D eigenvalue weighted by atomic mass is 10.1. The predicted molar refractivity (Wildman–Crippen MR) is 61.5 cm³/mol. The van der Waals surface area contributed by atoms with E-state index in [2.05, 4.69) is 0 Å². The maximum Gasteiger partial charge on any atom is 0.335 e. The number of anilines is 1. The van der Waals surface area contributed by atoms with E-state index < -0.39 is 11.8 Å². The molecule has 0 unspecified atom stereocenters. The molecule has 0 aromatic heterocycles. The molecule has 4 heteroatoms. The number of benzene rings is 1. The number of carbonyl (C=O) groups is 1. The van der Waals surface area contributed by atoms with E-state index in [1.165, 1.54) is 12.1 Å². The summed E-state index contributed by atoms with van der Waals surface area (Å²) in [5.41, 5.74) is 0.401. The van der Waals surface area contributed by atoms with Crippen LogP contribution in [0.3, 0.4) is 0 Å². The van der Waals surface area contributed by atoms with Crippen molar-refractivity contribution in [2.45, 2.75) is 13.8 Å². The molecule has 0 saturated heterocycles. The Balaban J connectivity index is 2.94. The Kier molecular flexibility index (Phi) is 3.88. The predicted octanol–water partition coefficient (Wildman–Crippen LogP) is 2.62. The molecule has 1 aromatic rings. The third-order valence-corrected chi connectivity index (χ3v) is 2.24. The molecule has 0 fully saturated rings. The van der Waals surface area contributed by atoms with Gasteiger partial charge in [0.2, 0.25) is 0 Å². The number of nitrogens with zero attached hydrogens (tertiary/aromatic N) is 1. The highest BCUT2D eigenvalue weighted by Crippen LogP contribution is 2.20. The molecule has 0 aliphatic carbocycles. The van der Waals surface area contributed by atoms with Crippen LogP contribution in [-0.4, -0.2) is 24.7 Å². The maximum atomic E-state index is 13.6. The Labute approximate surface area is 94.5 Å². The zero-order valence-corrected chi connectivity index (χ0v) is 9.70. The monoisotopic (exact) mass is 225 g/mol. The highest BCUT2D eigenvalue weighted by Gasteiger charge is 2.12. The van der Waals surface area contributed by atoms with E-state index in [-0.39, 0.29) is 5.56 Å². The number of hydrogen-bond donors (Lipinski definition) is 1. The third-order valence-electron chi connectivity index (χ3n) is 2.24. The van der Waals surface area contributed by atoms with Crippen molar-refractivity contribution in [1.29, 1.82) is 0 Å². The standard InChI is InChI=1S/C12H16FNO2/c1-8(2)7-14(3)11-5-4-9(12(15)16)6-10(11)13/h4-6,8H,7H2,1-3H3,(H,15,16). The molecule has 0 saturated carbocycles. The third kappa shape index (κ3) is 2.95. The van der Waals surface area contributed by atoms with Crippen LogP contribution in [0.5, 0.6) is 0 Å². The molecule has 3 nitrogen and oxygen atoms in total. The first-order chi connectivity index (χ1) is 7.41. The zero-order chi connectivity index (χ0) is 12.3. The van der Waals surface area contributed by atoms with Crippen LogP contribution in [0.2, 0.25) is 0 Å². The van der Waals surface area contributed by atoms with Gasteiger partial charge in [-0.15, -0.1) is 0 Å². The smallest absolute Gasteiger partial charge is 0.335 e. The molecular formula is C12H16FNO2. The van der Waals surface area contributed by atoms with Gasteiger partial charge in [0.1, 0.15) is 5.82 Å². The summed E-state index contributed by atoms with van der Waals surface area (Å²) in [4.78, 5) is 12.4. The minimum absolute atomic E-state index is 0.0285. The van der Waals surface area contributed by atoms with Gasteiger partial charge in [0.15, 0.2) is 0 Å². The molecule has 1 N–H and O–H groups in total. The fraction of sp³-hybridized carbons (Fsp3) is 0.417. The van der Waals surface area contributed by atoms with Gasteiger partial charge in [-0.2, -0.15) is 0 Å². The Hall–Kier alpha value is -1.58. The van der Waals surface area contributed by atoms with Crippen molar-refractivity contribution < 1.29 is 14.3 Å². The van der Waals surface area contributed by atoms with Crippen molar-refractivity contribution >= 4 is 11.7 Å². The highest BCUT2D eigenvalue weighted by molar-refractivity contribution is 5.88. The van der Waals surface area contributed by atoms with Crippen LogP contribution in [0.15, 0.2) is 18.2 Å². The first-order valence-electron chi connectivity index (χ1n) is 5.15. The molecule has 0 aliphatic rings. The van der Waals surface area contributed by atoms with E-state index in [1.807, 2.05) is 13.8 Å². The normalized spacial score (nSPS) is 10.6. The van der Waals surface area contributed by atoms with Gasteiger partial charge in [0, 0.05) is 13.6 Å². The lowest BCUT2D eigenvalue weighted by Crippen LogP contribution is -2.23. The minimum Gasteiger partial charge on any atom is -0.478 e. The maximum absolute atomic E-state index is 13.6. The Morgan fingerprint density at radius 1 is 1.50 bits per heavy atom. The van der Waals surface area contributed by atoms with Gasteiger partial charge in [0.25, 0.3) is 0 Å². The second kappa shape index (κ2) is 4.96. The average Bonchev–Trinajstić information content (AvgIpc) is 2.15. The molecule has 0 radical (unpaired) electrons. The fourth-order valence-electron chi connectivity index (χ4n) is 1.60. The molecule has 0 amide bonds. The summed E-state index contributed by atoms with van der Waals surface area (Å²) in [5, 5.41) is 8.70. The van der Waals surface area contributed by atoms with Gasteiger partial charge in [-0.25, -0.2) is 9.18 Å². The number of hydrogen-bond acceptors (Lipinski definition) is 2. The van der Waals surface area contributed by atoms with Crippen LogP contribution >= 0.6 is 0 Å². The van der Waals surface area contributed by atoms with Gasteiger partial charge < -0.3 is 10.0 Å². The largest absolute Gasteiger partial charge is 0.478 e. The molecule has 0 spiro atoms. The van der Waals surface area contributed by atoms with E-state index in [0.717, 1.165) is 12.6 Å². The molecule has 0 atom stereocenters. The molecule has 16 heavy (non-hydrogen) atoms. The van der Waals surface area contributed by atoms with E-state index in [0.29, 0.717) is 11.6 Å². The van der Waals surface area contributed by atoms with Crippen LogP contribution in [-0.2, 0) is 0 Å². The quantitative estimate of drug-likeness (QED) is 0.856. The average molecular weight is 225 g/mol. The summed E-state index contributed by atoms with van der Waals surface area (Å²) >= 11 is 0. The zero-order valence-electron chi connectivity index (χ0n) is 9.70. The first-order valence-corrected chi connectivity index (χ1v) is 5.15. The van der Waals surface area contributed by atoms with Crippen molar-refractivity contribution in [2.75, 3.05) is 18.5 Å². The first kappa shape index (κ1) is 12.5. The summed E-state index contributed by atoms with van der Waals surface area (Å²) < 4.78 is 13.6. The summed E-state index contributed by atoms with van der Waals surface area (Å²) in [6.07, 6.45) is 0. The van der Waals surface area contributed by atoms with E-state index in [9.17, 15) is 9.18 Å². The molecule has 0 aliphatic heterocycles. The van der Waals surface area contributed by atoms with E-state index >= 15 is 0 Å².